The van der Waals surface area contributed by atoms with E-state index in [1.165, 1.54) is 41.2 Å². The first-order valence-electron chi connectivity index (χ1n) is 22.8. The average Bonchev–Trinajstić information content (AvgIpc) is 4.10. The van der Waals surface area contributed by atoms with Gasteiger partial charge < -0.3 is 51.5 Å². The predicted octanol–water partition coefficient (Wildman–Crippen LogP) is -1.38. The number of hydrogen-bond donors (Lipinski definition) is 6. The first kappa shape index (κ1) is 48.8. The molecule has 20 nitrogen and oxygen atoms in total. The van der Waals surface area contributed by atoms with E-state index in [4.69, 9.17) is 0 Å². The minimum atomic E-state index is -1.25. The van der Waals surface area contributed by atoms with E-state index >= 15 is 0 Å². The lowest BCUT2D eigenvalue weighted by atomic mass is 10.0. The smallest absolute Gasteiger partial charge is 0.246 e. The zero-order valence-electron chi connectivity index (χ0n) is 37.2. The molecular weight excluding hydrogens is 869 g/mol. The topological polar surface area (TPSA) is 256 Å². The van der Waals surface area contributed by atoms with E-state index in [1.807, 2.05) is 0 Å². The van der Waals surface area contributed by atoms with Crippen molar-refractivity contribution in [2.75, 3.05) is 50.8 Å². The normalized spacial score (nSPS) is 29.8. The van der Waals surface area contributed by atoms with Crippen LogP contribution in [0.3, 0.4) is 0 Å². The third-order valence-electron chi connectivity index (χ3n) is 13.0. The minimum absolute atomic E-state index is 0.178. The molecule has 0 unspecified atom stereocenters. The number of carbonyl (C=O) groups is 10. The summed E-state index contributed by atoms with van der Waals surface area (Å²) in [6, 6.07) is -7.47. The van der Waals surface area contributed by atoms with Crippen LogP contribution >= 0.6 is 21.6 Å². The van der Waals surface area contributed by atoms with E-state index in [2.05, 4.69) is 31.9 Å². The van der Waals surface area contributed by atoms with Crippen molar-refractivity contribution in [1.82, 2.24) is 51.5 Å². The van der Waals surface area contributed by atoms with Crippen LogP contribution in [0.4, 0.5) is 0 Å². The van der Waals surface area contributed by atoms with E-state index in [1.54, 1.807) is 27.7 Å². The maximum absolute atomic E-state index is 13.7. The fraction of sp³-hybridized carbons (Fsp3) is 0.762. The van der Waals surface area contributed by atoms with Crippen LogP contribution in [0, 0.1) is 11.8 Å². The molecule has 0 saturated carbocycles. The molecule has 22 heteroatoms. The second-order valence-electron chi connectivity index (χ2n) is 18.1. The molecule has 64 heavy (non-hydrogen) atoms. The number of nitrogens with one attached hydrogen (secondary N) is 6. The molecule has 0 aromatic heterocycles. The second kappa shape index (κ2) is 22.1. The number of hydrogen-bond acceptors (Lipinski definition) is 12. The molecule has 0 radical (unpaired) electrons. The lowest BCUT2D eigenvalue weighted by molar-refractivity contribution is -0.147. The van der Waals surface area contributed by atoms with Crippen LogP contribution in [0.25, 0.3) is 0 Å². The predicted molar refractivity (Wildman–Crippen MR) is 237 cm³/mol. The number of nitrogens with zero attached hydrogens (tertiary/aromatic N) is 4. The third kappa shape index (κ3) is 11.4. The Hall–Kier alpha value is -4.60. The fourth-order valence-electron chi connectivity index (χ4n) is 9.52. The number of rotatable bonds is 11. The zero-order valence-corrected chi connectivity index (χ0v) is 38.8. The van der Waals surface area contributed by atoms with Crippen molar-refractivity contribution in [3.05, 3.63) is 0 Å². The highest BCUT2D eigenvalue weighted by Crippen LogP contribution is 2.28. The number of carbonyl (C=O) groups excluding carboxylic acids is 10. The van der Waals surface area contributed by atoms with Crippen LogP contribution in [0.2, 0.25) is 0 Å². The SMILES string of the molecule is CC(C)[C@@H]1NC(=O)[C@@H]2CCCN2C(=O)[C@H]2CCCN2C(=O)C[C@H](C(=O)NCCSSCCNC(=O)[C@H]2CC(=O)N3CCC[C@@H]3C(=O)N3CCC[C@H]3C(=O)N[C@@H](C(C)C)C(=O)N2)NC1=O. The van der Waals surface area contributed by atoms with E-state index in [9.17, 15) is 47.9 Å². The van der Waals surface area contributed by atoms with Crippen LogP contribution in [-0.4, -0.2) is 178 Å². The molecule has 0 bridgehead atoms. The Bertz CT molecular complexity index is 1690. The summed E-state index contributed by atoms with van der Waals surface area (Å²) in [6.45, 7) is 8.84. The molecule has 6 fully saturated rings. The highest BCUT2D eigenvalue weighted by atomic mass is 33.1. The van der Waals surface area contributed by atoms with Gasteiger partial charge in [-0.05, 0) is 63.2 Å². The van der Waals surface area contributed by atoms with E-state index in [0.717, 1.165) is 0 Å². The van der Waals surface area contributed by atoms with Gasteiger partial charge in [0.15, 0.2) is 0 Å². The first-order chi connectivity index (χ1) is 30.6. The standard InChI is InChI=1S/C42H64N10O10S2/c1-23(2)33-39(59)45-25(21-31(53)49-15-7-11-29(49)41(61)51-17-5-9-27(51)37(57)47-33)35(55)43-13-19-63-64-20-14-44-36(56)26-22-32(54)50-16-8-12-30(50)42(62)52-18-6-10-28(52)38(58)48-34(24(3)4)40(60)46-26/h23-30,33-34H,5-22H2,1-4H3,(H,43,55)(H,44,56)(H,45,59)(H,46,60)(H,47,57)(H,48,58)/t25-,26-,27+,28+,29-,30-,33+,34+/m1/s1. The maximum atomic E-state index is 13.7. The summed E-state index contributed by atoms with van der Waals surface area (Å²) >= 11 is 0. The van der Waals surface area contributed by atoms with Gasteiger partial charge >= 0.3 is 0 Å². The van der Waals surface area contributed by atoms with Gasteiger partial charge in [0.1, 0.15) is 48.3 Å². The van der Waals surface area contributed by atoms with Crippen LogP contribution in [0.5, 0.6) is 0 Å². The molecule has 0 aromatic rings. The van der Waals surface area contributed by atoms with E-state index in [-0.39, 0.29) is 49.6 Å². The Morgan fingerprint density at radius 2 is 0.859 bits per heavy atom. The van der Waals surface area contributed by atoms with Gasteiger partial charge in [-0.2, -0.15) is 0 Å². The van der Waals surface area contributed by atoms with Crippen molar-refractivity contribution in [2.45, 2.75) is 140 Å². The summed E-state index contributed by atoms with van der Waals surface area (Å²) in [5.41, 5.74) is 0. The summed E-state index contributed by atoms with van der Waals surface area (Å²) in [5, 5.41) is 16.6. The lowest BCUT2D eigenvalue weighted by Crippen LogP contribution is -2.58. The van der Waals surface area contributed by atoms with Gasteiger partial charge in [0.2, 0.25) is 59.1 Å². The summed E-state index contributed by atoms with van der Waals surface area (Å²) in [5.74, 6) is -4.55. The van der Waals surface area contributed by atoms with Gasteiger partial charge in [-0.1, -0.05) is 49.3 Å². The van der Waals surface area contributed by atoms with Gasteiger partial charge in [0.05, 0.1) is 12.8 Å². The summed E-state index contributed by atoms with van der Waals surface area (Å²) < 4.78 is 0. The van der Waals surface area contributed by atoms with Crippen molar-refractivity contribution >= 4 is 80.7 Å². The Balaban J connectivity index is 1.00. The highest BCUT2D eigenvalue weighted by Gasteiger charge is 2.46. The minimum Gasteiger partial charge on any atom is -0.353 e. The quantitative estimate of drug-likeness (QED) is 0.104. The van der Waals surface area contributed by atoms with E-state index in [0.29, 0.717) is 89.1 Å². The molecule has 6 aliphatic heterocycles. The highest BCUT2D eigenvalue weighted by molar-refractivity contribution is 8.76. The summed E-state index contributed by atoms with van der Waals surface area (Å²) in [6.07, 6.45) is 3.55. The fourth-order valence-corrected chi connectivity index (χ4v) is 11.3. The van der Waals surface area contributed by atoms with Crippen molar-refractivity contribution in [2.24, 2.45) is 11.8 Å². The summed E-state index contributed by atoms with van der Waals surface area (Å²) in [4.78, 5) is 142. The second-order valence-corrected chi connectivity index (χ2v) is 20.8. The van der Waals surface area contributed by atoms with Crippen LogP contribution in [0.15, 0.2) is 0 Å². The molecule has 6 N–H and O–H groups in total. The lowest BCUT2D eigenvalue weighted by Gasteiger charge is -2.31. The largest absolute Gasteiger partial charge is 0.353 e. The van der Waals surface area contributed by atoms with Crippen LogP contribution in [0.1, 0.15) is 91.9 Å². The Morgan fingerprint density at radius 1 is 0.516 bits per heavy atom. The average molecular weight is 933 g/mol. The number of amides is 10. The Morgan fingerprint density at radius 3 is 1.22 bits per heavy atom. The van der Waals surface area contributed by atoms with Crippen molar-refractivity contribution in [1.29, 1.82) is 0 Å². The van der Waals surface area contributed by atoms with Gasteiger partial charge in [0, 0.05) is 50.8 Å². The molecule has 0 aromatic carbocycles. The Kier molecular flexibility index (Phi) is 16.8. The van der Waals surface area contributed by atoms with Gasteiger partial charge in [-0.25, -0.2) is 0 Å². The number of fused-ring (bicyclic) bond motifs is 4. The zero-order chi connectivity index (χ0) is 46.2. The Labute approximate surface area is 381 Å². The van der Waals surface area contributed by atoms with Gasteiger partial charge in [-0.15, -0.1) is 0 Å². The molecule has 8 atom stereocenters. The van der Waals surface area contributed by atoms with Crippen molar-refractivity contribution in [3.63, 3.8) is 0 Å². The summed E-state index contributed by atoms with van der Waals surface area (Å²) in [7, 11) is 2.82. The molecule has 6 rings (SSSR count). The molecule has 6 heterocycles. The van der Waals surface area contributed by atoms with Crippen LogP contribution < -0.4 is 31.9 Å². The molecule has 6 saturated heterocycles. The van der Waals surface area contributed by atoms with Crippen molar-refractivity contribution in [3.8, 4) is 0 Å². The van der Waals surface area contributed by atoms with Gasteiger partial charge in [0.25, 0.3) is 0 Å². The van der Waals surface area contributed by atoms with E-state index < -0.39 is 95.6 Å². The molecule has 0 aliphatic carbocycles. The monoisotopic (exact) mass is 932 g/mol. The van der Waals surface area contributed by atoms with Crippen LogP contribution in [-0.2, 0) is 47.9 Å². The first-order valence-corrected chi connectivity index (χ1v) is 25.3. The molecule has 6 aliphatic rings. The molecule has 10 amide bonds. The maximum Gasteiger partial charge on any atom is 0.246 e. The van der Waals surface area contributed by atoms with Crippen molar-refractivity contribution < 1.29 is 47.9 Å². The molecule has 0 spiro atoms. The molecular formula is C42H64N10O10S2. The molecule has 354 valence electrons. The van der Waals surface area contributed by atoms with Gasteiger partial charge in [-0.3, -0.25) is 47.9 Å². The third-order valence-corrected chi connectivity index (χ3v) is 15.4.